The van der Waals surface area contributed by atoms with E-state index in [1.165, 1.54) is 24.3 Å². The van der Waals surface area contributed by atoms with Crippen molar-refractivity contribution in [2.45, 2.75) is 90.4 Å². The summed E-state index contributed by atoms with van der Waals surface area (Å²) in [4.78, 5) is 50.4. The molecule has 0 aliphatic carbocycles. The SMILES string of the molecule is CC(C)(C)OC(=O)N(CCCCCC(=O)C(N)(Cc1ccc(O)cc1)C(=O)O)C(=O)OC(C)(C)C. The van der Waals surface area contributed by atoms with Crippen LogP contribution in [0, 0.1) is 0 Å². The van der Waals surface area contributed by atoms with Crippen molar-refractivity contribution in [2.24, 2.45) is 5.73 Å². The van der Waals surface area contributed by atoms with Crippen LogP contribution in [-0.2, 0) is 25.5 Å². The van der Waals surface area contributed by atoms with Crippen molar-refractivity contribution in [3.63, 3.8) is 0 Å². The molecule has 10 nitrogen and oxygen atoms in total. The summed E-state index contributed by atoms with van der Waals surface area (Å²) in [6.07, 6.45) is -0.854. The molecule has 0 aromatic heterocycles. The Hall–Kier alpha value is -3.14. The summed E-state index contributed by atoms with van der Waals surface area (Å²) in [5, 5.41) is 19.0. The number of carbonyl (C=O) groups excluding carboxylic acids is 3. The first-order valence-electron chi connectivity index (χ1n) is 11.5. The first kappa shape index (κ1) is 29.9. The normalized spacial score (nSPS) is 13.5. The lowest BCUT2D eigenvalue weighted by Gasteiger charge is -2.28. The molecular formula is C25H38N2O8. The number of benzene rings is 1. The van der Waals surface area contributed by atoms with Crippen LogP contribution in [0.1, 0.15) is 72.8 Å². The molecular weight excluding hydrogens is 456 g/mol. The average Bonchev–Trinajstić information content (AvgIpc) is 2.69. The van der Waals surface area contributed by atoms with Gasteiger partial charge in [-0.05, 0) is 72.1 Å². The predicted octanol–water partition coefficient (Wildman–Crippen LogP) is 4.02. The van der Waals surface area contributed by atoms with E-state index in [4.69, 9.17) is 15.2 Å². The van der Waals surface area contributed by atoms with Crippen LogP contribution in [-0.4, -0.2) is 62.3 Å². The number of Topliss-reactive ketones (excluding diaryl/α,β-unsaturated/α-hetero) is 1. The van der Waals surface area contributed by atoms with Crippen LogP contribution in [0.25, 0.3) is 0 Å². The van der Waals surface area contributed by atoms with Gasteiger partial charge < -0.3 is 25.4 Å². The highest BCUT2D eigenvalue weighted by molar-refractivity contribution is 6.07. The zero-order valence-electron chi connectivity index (χ0n) is 21.4. The lowest BCUT2D eigenvalue weighted by atomic mass is 9.85. The first-order valence-corrected chi connectivity index (χ1v) is 11.5. The maximum Gasteiger partial charge on any atom is 0.419 e. The number of ether oxygens (including phenoxy) is 2. The highest BCUT2D eigenvalue weighted by Crippen LogP contribution is 2.20. The lowest BCUT2D eigenvalue weighted by molar-refractivity contribution is -0.148. The molecule has 0 aliphatic rings. The third-order valence-corrected chi connectivity index (χ3v) is 4.81. The van der Waals surface area contributed by atoms with Gasteiger partial charge in [0.05, 0.1) is 0 Å². The molecule has 0 fully saturated rings. The van der Waals surface area contributed by atoms with Crippen molar-refractivity contribution in [3.05, 3.63) is 29.8 Å². The molecule has 0 bridgehead atoms. The average molecular weight is 495 g/mol. The van der Waals surface area contributed by atoms with Gasteiger partial charge in [-0.15, -0.1) is 0 Å². The van der Waals surface area contributed by atoms with Crippen molar-refractivity contribution >= 4 is 23.9 Å². The fourth-order valence-electron chi connectivity index (χ4n) is 3.08. The van der Waals surface area contributed by atoms with E-state index in [1.807, 2.05) is 0 Å². The minimum atomic E-state index is -2.10. The largest absolute Gasteiger partial charge is 0.508 e. The second-order valence-corrected chi connectivity index (χ2v) is 10.5. The van der Waals surface area contributed by atoms with Crippen molar-refractivity contribution in [3.8, 4) is 5.75 Å². The number of amides is 2. The fourth-order valence-corrected chi connectivity index (χ4v) is 3.08. The summed E-state index contributed by atoms with van der Waals surface area (Å²) in [6.45, 7) is 10.1. The van der Waals surface area contributed by atoms with Crippen LogP contribution >= 0.6 is 0 Å². The summed E-state index contributed by atoms with van der Waals surface area (Å²) in [6, 6.07) is 5.80. The number of nitrogens with zero attached hydrogens (tertiary/aromatic N) is 1. The van der Waals surface area contributed by atoms with Crippen LogP contribution in [0.15, 0.2) is 24.3 Å². The van der Waals surface area contributed by atoms with Gasteiger partial charge in [-0.3, -0.25) is 4.79 Å². The highest BCUT2D eigenvalue weighted by Gasteiger charge is 2.41. The molecule has 1 rings (SSSR count). The summed E-state index contributed by atoms with van der Waals surface area (Å²) >= 11 is 0. The number of unbranched alkanes of at least 4 members (excludes halogenated alkanes) is 2. The molecule has 196 valence electrons. The third-order valence-electron chi connectivity index (χ3n) is 4.81. The predicted molar refractivity (Wildman–Crippen MR) is 129 cm³/mol. The minimum Gasteiger partial charge on any atom is -0.508 e. The Balaban J connectivity index is 2.72. The molecule has 0 saturated carbocycles. The Morgan fingerprint density at radius 3 is 1.77 bits per heavy atom. The third kappa shape index (κ3) is 10.3. The molecule has 10 heteroatoms. The molecule has 4 N–H and O–H groups in total. The van der Waals surface area contributed by atoms with Crippen LogP contribution in [0.2, 0.25) is 0 Å². The van der Waals surface area contributed by atoms with E-state index in [2.05, 4.69) is 0 Å². The summed E-state index contributed by atoms with van der Waals surface area (Å²) in [5.74, 6) is -2.05. The Kier molecular flexibility index (Phi) is 10.3. The maximum atomic E-state index is 12.7. The number of imide groups is 1. The standard InChI is InChI=1S/C25H38N2O8/c1-23(2,3)34-21(32)27(22(33)35-24(4,5)6)15-9-7-8-10-19(29)25(26,20(30)31)16-17-11-13-18(28)14-12-17/h11-14,28H,7-10,15-16,26H2,1-6H3,(H,30,31). The molecule has 0 saturated heterocycles. The number of aliphatic carboxylic acids is 1. The molecule has 0 aliphatic heterocycles. The van der Waals surface area contributed by atoms with E-state index >= 15 is 0 Å². The summed E-state index contributed by atoms with van der Waals surface area (Å²) in [7, 11) is 0. The molecule has 35 heavy (non-hydrogen) atoms. The second kappa shape index (κ2) is 12.0. The molecule has 2 amide bonds. The lowest BCUT2D eigenvalue weighted by Crippen LogP contribution is -2.56. The van der Waals surface area contributed by atoms with Gasteiger partial charge in [0.1, 0.15) is 17.0 Å². The minimum absolute atomic E-state index is 0.0121. The molecule has 1 atom stereocenters. The number of rotatable bonds is 10. The van der Waals surface area contributed by atoms with Crippen LogP contribution in [0.3, 0.4) is 0 Å². The number of carbonyl (C=O) groups is 4. The Bertz CT molecular complexity index is 872. The molecule has 0 radical (unpaired) electrons. The van der Waals surface area contributed by atoms with E-state index in [0.717, 1.165) is 4.90 Å². The van der Waals surface area contributed by atoms with E-state index in [9.17, 15) is 29.4 Å². The highest BCUT2D eigenvalue weighted by atomic mass is 16.6. The summed E-state index contributed by atoms with van der Waals surface area (Å²) in [5.41, 5.74) is 2.77. The van der Waals surface area contributed by atoms with Gasteiger partial charge in [-0.25, -0.2) is 19.3 Å². The number of hydrogen-bond acceptors (Lipinski definition) is 8. The summed E-state index contributed by atoms with van der Waals surface area (Å²) < 4.78 is 10.6. The van der Waals surface area contributed by atoms with E-state index < -0.39 is 40.7 Å². The quantitative estimate of drug-likeness (QED) is 0.323. The first-order chi connectivity index (χ1) is 15.9. The van der Waals surface area contributed by atoms with Crippen molar-refractivity contribution in [1.29, 1.82) is 0 Å². The second-order valence-electron chi connectivity index (χ2n) is 10.5. The number of carboxylic acids is 1. The fraction of sp³-hybridized carbons (Fsp3) is 0.600. The van der Waals surface area contributed by atoms with E-state index in [0.29, 0.717) is 24.8 Å². The molecule has 0 heterocycles. The number of phenolic OH excluding ortho intramolecular Hbond substituents is 1. The van der Waals surface area contributed by atoms with Crippen LogP contribution in [0.4, 0.5) is 9.59 Å². The Labute approximate surface area is 206 Å². The molecule has 1 unspecified atom stereocenters. The Morgan fingerprint density at radius 1 is 0.857 bits per heavy atom. The zero-order valence-corrected chi connectivity index (χ0v) is 21.4. The van der Waals surface area contributed by atoms with Crippen molar-refractivity contribution in [2.75, 3.05) is 6.54 Å². The van der Waals surface area contributed by atoms with Crippen LogP contribution < -0.4 is 5.73 Å². The number of nitrogens with two attached hydrogens (primary N) is 1. The molecule has 1 aromatic carbocycles. The maximum absolute atomic E-state index is 12.7. The van der Waals surface area contributed by atoms with Gasteiger partial charge in [-0.2, -0.15) is 0 Å². The van der Waals surface area contributed by atoms with Gasteiger partial charge in [0, 0.05) is 19.4 Å². The number of aromatic hydroxyl groups is 1. The smallest absolute Gasteiger partial charge is 0.419 e. The van der Waals surface area contributed by atoms with Gasteiger partial charge in [0.25, 0.3) is 0 Å². The van der Waals surface area contributed by atoms with Crippen molar-refractivity contribution in [1.82, 2.24) is 4.90 Å². The molecule has 0 spiro atoms. The van der Waals surface area contributed by atoms with Gasteiger partial charge in [0.2, 0.25) is 0 Å². The number of ketones is 1. The number of carboxylic acid groups (broad SMARTS) is 1. The van der Waals surface area contributed by atoms with E-state index in [-0.39, 0.29) is 25.1 Å². The number of phenols is 1. The molecule has 1 aromatic rings. The van der Waals surface area contributed by atoms with Crippen LogP contribution in [0.5, 0.6) is 5.75 Å². The monoisotopic (exact) mass is 494 g/mol. The van der Waals surface area contributed by atoms with Crippen molar-refractivity contribution < 1.29 is 38.9 Å². The van der Waals surface area contributed by atoms with E-state index in [1.54, 1.807) is 41.5 Å². The Morgan fingerprint density at radius 2 is 1.34 bits per heavy atom. The van der Waals surface area contributed by atoms with Gasteiger partial charge in [-0.1, -0.05) is 18.6 Å². The number of hydrogen-bond donors (Lipinski definition) is 3. The zero-order chi connectivity index (χ0) is 27.0. The topological polar surface area (TPSA) is 156 Å². The van der Waals surface area contributed by atoms with Gasteiger partial charge in [0.15, 0.2) is 11.3 Å². The van der Waals surface area contributed by atoms with Gasteiger partial charge >= 0.3 is 18.2 Å².